The number of amides is 1. The lowest BCUT2D eigenvalue weighted by atomic mass is 10.2. The van der Waals surface area contributed by atoms with Gasteiger partial charge in [0.05, 0.1) is 10.8 Å². The van der Waals surface area contributed by atoms with Crippen LogP contribution in [0.5, 0.6) is 0 Å². The highest BCUT2D eigenvalue weighted by Crippen LogP contribution is 2.38. The first-order valence-electron chi connectivity index (χ1n) is 9.22. The van der Waals surface area contributed by atoms with Crippen LogP contribution in [-0.4, -0.2) is 62.3 Å². The summed E-state index contributed by atoms with van der Waals surface area (Å²) in [6.07, 6.45) is 0.821. The molecule has 1 aliphatic heterocycles. The number of benzene rings is 1. The van der Waals surface area contributed by atoms with Crippen molar-refractivity contribution in [3.8, 4) is 0 Å². The minimum atomic E-state index is -3.59. The molecule has 1 aliphatic carbocycles. The van der Waals surface area contributed by atoms with Crippen LogP contribution in [0.15, 0.2) is 23.1 Å². The van der Waals surface area contributed by atoms with Gasteiger partial charge in [-0.1, -0.05) is 19.1 Å². The van der Waals surface area contributed by atoms with E-state index >= 15 is 0 Å². The molecule has 1 amide bonds. The number of hydrogen-bond acceptors (Lipinski definition) is 5. The average Bonchev–Trinajstić information content (AvgIpc) is 3.38. The van der Waals surface area contributed by atoms with Crippen molar-refractivity contribution in [3.63, 3.8) is 0 Å². The fourth-order valence-electron chi connectivity index (χ4n) is 3.28. The zero-order valence-corrected chi connectivity index (χ0v) is 16.8. The van der Waals surface area contributed by atoms with E-state index in [1.807, 2.05) is 19.9 Å². The van der Waals surface area contributed by atoms with Crippen LogP contribution in [0, 0.1) is 25.7 Å². The number of esters is 1. The Bertz CT molecular complexity index is 844. The number of hydrogen-bond donors (Lipinski definition) is 0. The molecule has 0 unspecified atom stereocenters. The Morgan fingerprint density at radius 2 is 1.78 bits per heavy atom. The second-order valence-corrected chi connectivity index (χ2v) is 9.39. The van der Waals surface area contributed by atoms with Crippen molar-refractivity contribution in [1.29, 1.82) is 0 Å². The lowest BCUT2D eigenvalue weighted by Crippen LogP contribution is -2.51. The molecule has 0 N–H and O–H groups in total. The summed E-state index contributed by atoms with van der Waals surface area (Å²) in [4.78, 5) is 25.8. The zero-order chi connectivity index (χ0) is 19.8. The minimum Gasteiger partial charge on any atom is -0.455 e. The predicted octanol–water partition coefficient (Wildman–Crippen LogP) is 1.34. The number of sulfonamides is 1. The summed E-state index contributed by atoms with van der Waals surface area (Å²) in [6.45, 7) is 6.39. The van der Waals surface area contributed by atoms with Crippen molar-refractivity contribution in [2.24, 2.45) is 11.8 Å². The topological polar surface area (TPSA) is 84.0 Å². The molecule has 2 aliphatic rings. The number of aryl methyl sites for hydroxylation is 2. The second-order valence-electron chi connectivity index (χ2n) is 7.48. The van der Waals surface area contributed by atoms with Gasteiger partial charge in [-0.25, -0.2) is 8.42 Å². The third-order valence-electron chi connectivity index (χ3n) is 5.30. The quantitative estimate of drug-likeness (QED) is 0.704. The number of carbonyl (C=O) groups excluding carboxylic acids is 2. The molecule has 8 heteroatoms. The summed E-state index contributed by atoms with van der Waals surface area (Å²) < 4.78 is 32.3. The van der Waals surface area contributed by atoms with Crippen LogP contribution >= 0.6 is 0 Å². The Kier molecular flexibility index (Phi) is 5.58. The molecule has 0 spiro atoms. The van der Waals surface area contributed by atoms with Crippen LogP contribution < -0.4 is 0 Å². The second kappa shape index (κ2) is 7.59. The maximum atomic E-state index is 12.9. The van der Waals surface area contributed by atoms with Crippen molar-refractivity contribution in [3.05, 3.63) is 29.3 Å². The van der Waals surface area contributed by atoms with E-state index < -0.39 is 10.0 Å². The first-order valence-corrected chi connectivity index (χ1v) is 10.7. The van der Waals surface area contributed by atoms with E-state index in [2.05, 4.69) is 0 Å². The maximum absolute atomic E-state index is 12.9. The predicted molar refractivity (Wildman–Crippen MR) is 99.5 cm³/mol. The first-order chi connectivity index (χ1) is 12.7. The van der Waals surface area contributed by atoms with Crippen molar-refractivity contribution in [2.75, 3.05) is 32.8 Å². The van der Waals surface area contributed by atoms with E-state index in [-0.39, 0.29) is 37.5 Å². The standard InChI is InChI=1S/C19H26N2O5S/c1-13-4-5-14(2)17(10-13)27(24,25)21-8-6-20(7-9-21)18(22)12-26-19(23)16-11-15(16)3/h4-5,10,15-16H,6-9,11-12H2,1-3H3/t15-,16+/m1/s1. The molecule has 0 aromatic heterocycles. The Morgan fingerprint density at radius 3 is 2.37 bits per heavy atom. The third kappa shape index (κ3) is 4.32. The van der Waals surface area contributed by atoms with Crippen molar-refractivity contribution in [1.82, 2.24) is 9.21 Å². The molecule has 1 aromatic carbocycles. The van der Waals surface area contributed by atoms with Crippen LogP contribution in [0.3, 0.4) is 0 Å². The summed E-state index contributed by atoms with van der Waals surface area (Å²) in [7, 11) is -3.59. The average molecular weight is 394 g/mol. The molecular formula is C19H26N2O5S. The normalized spacial score (nSPS) is 23.1. The highest BCUT2D eigenvalue weighted by atomic mass is 32.2. The number of ether oxygens (including phenoxy) is 1. The lowest BCUT2D eigenvalue weighted by Gasteiger charge is -2.34. The van der Waals surface area contributed by atoms with Gasteiger partial charge in [0.15, 0.2) is 6.61 Å². The highest BCUT2D eigenvalue weighted by molar-refractivity contribution is 7.89. The number of carbonyl (C=O) groups is 2. The van der Waals surface area contributed by atoms with E-state index in [9.17, 15) is 18.0 Å². The lowest BCUT2D eigenvalue weighted by molar-refractivity contribution is -0.153. The third-order valence-corrected chi connectivity index (χ3v) is 7.34. The van der Waals surface area contributed by atoms with Gasteiger partial charge in [0.25, 0.3) is 5.91 Å². The van der Waals surface area contributed by atoms with Gasteiger partial charge in [0, 0.05) is 26.2 Å². The molecule has 7 nitrogen and oxygen atoms in total. The molecule has 2 fully saturated rings. The smallest absolute Gasteiger partial charge is 0.309 e. The molecule has 1 heterocycles. The largest absolute Gasteiger partial charge is 0.455 e. The molecule has 2 atom stereocenters. The van der Waals surface area contributed by atoms with Crippen LogP contribution in [0.1, 0.15) is 24.5 Å². The van der Waals surface area contributed by atoms with Crippen molar-refractivity contribution >= 4 is 21.9 Å². The molecule has 1 saturated carbocycles. The summed E-state index contributed by atoms with van der Waals surface area (Å²) in [5, 5.41) is 0. The highest BCUT2D eigenvalue weighted by Gasteiger charge is 2.41. The summed E-state index contributed by atoms with van der Waals surface area (Å²) in [6, 6.07) is 5.37. The summed E-state index contributed by atoms with van der Waals surface area (Å²) in [5.41, 5.74) is 1.60. The number of piperazine rings is 1. The molecular weight excluding hydrogens is 368 g/mol. The summed E-state index contributed by atoms with van der Waals surface area (Å²) in [5.74, 6) is -0.323. The first kappa shape index (κ1) is 19.8. The molecule has 0 radical (unpaired) electrons. The van der Waals surface area contributed by atoms with E-state index in [0.29, 0.717) is 29.5 Å². The maximum Gasteiger partial charge on any atom is 0.309 e. The van der Waals surface area contributed by atoms with Gasteiger partial charge >= 0.3 is 5.97 Å². The van der Waals surface area contributed by atoms with Crippen LogP contribution in [-0.2, 0) is 24.3 Å². The number of nitrogens with zero attached hydrogens (tertiary/aromatic N) is 2. The molecule has 1 aromatic rings. The minimum absolute atomic E-state index is 0.0719. The Labute approximate surface area is 160 Å². The zero-order valence-electron chi connectivity index (χ0n) is 16.0. The Balaban J connectivity index is 1.55. The Morgan fingerprint density at radius 1 is 1.15 bits per heavy atom. The van der Waals surface area contributed by atoms with Gasteiger partial charge in [0.2, 0.25) is 10.0 Å². The van der Waals surface area contributed by atoms with E-state index in [0.717, 1.165) is 12.0 Å². The van der Waals surface area contributed by atoms with Gasteiger partial charge in [-0.05, 0) is 43.4 Å². The molecule has 27 heavy (non-hydrogen) atoms. The van der Waals surface area contributed by atoms with Gasteiger partial charge in [-0.2, -0.15) is 4.31 Å². The van der Waals surface area contributed by atoms with Crippen molar-refractivity contribution in [2.45, 2.75) is 32.1 Å². The fraction of sp³-hybridized carbons (Fsp3) is 0.579. The molecule has 3 rings (SSSR count). The van der Waals surface area contributed by atoms with Crippen LogP contribution in [0.25, 0.3) is 0 Å². The van der Waals surface area contributed by atoms with Crippen molar-refractivity contribution < 1.29 is 22.7 Å². The van der Waals surface area contributed by atoms with Crippen LogP contribution in [0.4, 0.5) is 0 Å². The number of rotatable bonds is 5. The van der Waals surface area contributed by atoms with Gasteiger partial charge in [0.1, 0.15) is 0 Å². The Hall–Kier alpha value is -1.93. The van der Waals surface area contributed by atoms with Gasteiger partial charge < -0.3 is 9.64 Å². The van der Waals surface area contributed by atoms with E-state index in [1.165, 1.54) is 4.31 Å². The van der Waals surface area contributed by atoms with Gasteiger partial charge in [-0.15, -0.1) is 0 Å². The summed E-state index contributed by atoms with van der Waals surface area (Å²) >= 11 is 0. The van der Waals surface area contributed by atoms with E-state index in [4.69, 9.17) is 4.74 Å². The monoisotopic (exact) mass is 394 g/mol. The molecule has 148 valence electrons. The van der Waals surface area contributed by atoms with E-state index in [1.54, 1.807) is 24.0 Å². The fourth-order valence-corrected chi connectivity index (χ4v) is 5.02. The molecule has 1 saturated heterocycles. The van der Waals surface area contributed by atoms with Crippen LogP contribution in [0.2, 0.25) is 0 Å². The SMILES string of the molecule is Cc1ccc(C)c(S(=O)(=O)N2CCN(C(=O)COC(=O)[C@H]3C[C@H]3C)CC2)c1. The van der Waals surface area contributed by atoms with Gasteiger partial charge in [-0.3, -0.25) is 9.59 Å². The molecule has 0 bridgehead atoms.